The Hall–Kier alpha value is -2.45. The fourth-order valence-corrected chi connectivity index (χ4v) is 2.91. The molecule has 1 amide bonds. The second-order valence-corrected chi connectivity index (χ2v) is 6.48. The minimum Gasteiger partial charge on any atom is -0.493 e. The highest BCUT2D eigenvalue weighted by atomic mass is 79.9. The Balaban J connectivity index is 2.19. The van der Waals surface area contributed by atoms with E-state index in [1.807, 2.05) is 0 Å². The predicted octanol–water partition coefficient (Wildman–Crippen LogP) is 3.92. The van der Waals surface area contributed by atoms with Crippen molar-refractivity contribution in [3.05, 3.63) is 45.4 Å². The number of carbonyl (C=O) groups excluding carboxylic acids is 2. The minimum absolute atomic E-state index is 0.116. The number of methoxy groups -OCH3 is 3. The van der Waals surface area contributed by atoms with Crippen LogP contribution in [0.25, 0.3) is 0 Å². The van der Waals surface area contributed by atoms with E-state index in [2.05, 4.69) is 21.2 Å². The third-order valence-corrected chi connectivity index (χ3v) is 4.24. The molecule has 0 bridgehead atoms. The van der Waals surface area contributed by atoms with E-state index >= 15 is 0 Å². The lowest BCUT2D eigenvalue weighted by Gasteiger charge is -2.15. The average Bonchev–Trinajstić information content (AvgIpc) is 2.66. The number of halogens is 2. The Morgan fingerprint density at radius 2 is 1.70 bits per heavy atom. The Kier molecular flexibility index (Phi) is 7.32. The molecule has 0 fully saturated rings. The topological polar surface area (TPSA) is 83.1 Å². The van der Waals surface area contributed by atoms with Crippen LogP contribution < -0.4 is 19.5 Å². The standard InChI is InChI=1S/C18H17BrClNO6/c1-24-15-7-11(18(23)26-3)13(8-16(15)25-2)21-17(22)9-27-14-5-4-10(19)6-12(14)20/h4-8H,9H2,1-3H3,(H,21,22). The second kappa shape index (κ2) is 9.48. The molecular formula is C18H17BrClNO6. The van der Waals surface area contributed by atoms with Crippen LogP contribution in [0.15, 0.2) is 34.8 Å². The van der Waals surface area contributed by atoms with Crippen LogP contribution in [0.3, 0.4) is 0 Å². The van der Waals surface area contributed by atoms with E-state index in [0.717, 1.165) is 4.47 Å². The number of anilines is 1. The van der Waals surface area contributed by atoms with Crippen LogP contribution in [-0.4, -0.2) is 39.8 Å². The average molecular weight is 459 g/mol. The van der Waals surface area contributed by atoms with Crippen molar-refractivity contribution < 1.29 is 28.5 Å². The molecule has 0 aliphatic heterocycles. The molecule has 9 heteroatoms. The third-order valence-electron chi connectivity index (χ3n) is 3.46. The number of hydrogen-bond donors (Lipinski definition) is 1. The summed E-state index contributed by atoms with van der Waals surface area (Å²) in [5, 5.41) is 2.96. The van der Waals surface area contributed by atoms with Crippen molar-refractivity contribution in [3.63, 3.8) is 0 Å². The van der Waals surface area contributed by atoms with E-state index in [9.17, 15) is 9.59 Å². The van der Waals surface area contributed by atoms with Gasteiger partial charge in [-0.15, -0.1) is 0 Å². The Labute approximate surface area is 169 Å². The van der Waals surface area contributed by atoms with Crippen LogP contribution in [0, 0.1) is 0 Å². The minimum atomic E-state index is -0.636. The third kappa shape index (κ3) is 5.27. The van der Waals surface area contributed by atoms with Gasteiger partial charge >= 0.3 is 5.97 Å². The number of amides is 1. The number of rotatable bonds is 7. The highest BCUT2D eigenvalue weighted by molar-refractivity contribution is 9.10. The van der Waals surface area contributed by atoms with Gasteiger partial charge in [-0.1, -0.05) is 27.5 Å². The summed E-state index contributed by atoms with van der Waals surface area (Å²) in [5.74, 6) is -0.101. The van der Waals surface area contributed by atoms with Gasteiger partial charge in [0.05, 0.1) is 37.6 Å². The van der Waals surface area contributed by atoms with E-state index < -0.39 is 11.9 Å². The largest absolute Gasteiger partial charge is 0.493 e. The van der Waals surface area contributed by atoms with E-state index in [1.165, 1.54) is 33.5 Å². The monoisotopic (exact) mass is 457 g/mol. The molecule has 0 spiro atoms. The highest BCUT2D eigenvalue weighted by Gasteiger charge is 2.19. The van der Waals surface area contributed by atoms with Crippen LogP contribution in [0.4, 0.5) is 5.69 Å². The van der Waals surface area contributed by atoms with Crippen LogP contribution in [0.5, 0.6) is 17.2 Å². The summed E-state index contributed by atoms with van der Waals surface area (Å²) >= 11 is 9.34. The van der Waals surface area contributed by atoms with Crippen LogP contribution in [0.1, 0.15) is 10.4 Å². The number of benzene rings is 2. The summed E-state index contributed by atoms with van der Waals surface area (Å²) in [7, 11) is 4.12. The maximum Gasteiger partial charge on any atom is 0.340 e. The number of carbonyl (C=O) groups is 2. The van der Waals surface area contributed by atoms with Crippen molar-refractivity contribution >= 4 is 45.1 Å². The molecule has 144 valence electrons. The maximum absolute atomic E-state index is 12.3. The molecule has 2 rings (SSSR count). The van der Waals surface area contributed by atoms with Crippen molar-refractivity contribution in [2.24, 2.45) is 0 Å². The quantitative estimate of drug-likeness (QED) is 0.633. The van der Waals surface area contributed by atoms with Gasteiger partial charge in [0, 0.05) is 16.6 Å². The molecule has 0 unspecified atom stereocenters. The van der Waals surface area contributed by atoms with Crippen molar-refractivity contribution in [2.45, 2.75) is 0 Å². The molecule has 0 saturated heterocycles. The molecule has 0 saturated carbocycles. The van der Waals surface area contributed by atoms with Gasteiger partial charge in [0.15, 0.2) is 18.1 Å². The number of nitrogens with one attached hydrogen (secondary N) is 1. The summed E-state index contributed by atoms with van der Waals surface area (Å²) < 4.78 is 21.3. The van der Waals surface area contributed by atoms with Gasteiger partial charge in [0.1, 0.15) is 5.75 Å². The van der Waals surface area contributed by atoms with E-state index in [0.29, 0.717) is 22.3 Å². The van der Waals surface area contributed by atoms with E-state index in [4.69, 9.17) is 30.5 Å². The Morgan fingerprint density at radius 1 is 1.04 bits per heavy atom. The number of hydrogen-bond acceptors (Lipinski definition) is 6. The number of ether oxygens (including phenoxy) is 4. The zero-order valence-electron chi connectivity index (χ0n) is 14.8. The first kappa shape index (κ1) is 20.9. The lowest BCUT2D eigenvalue weighted by atomic mass is 10.1. The first-order chi connectivity index (χ1) is 12.9. The van der Waals surface area contributed by atoms with Gasteiger partial charge in [-0.3, -0.25) is 4.79 Å². The van der Waals surface area contributed by atoms with Crippen molar-refractivity contribution in [3.8, 4) is 17.2 Å². The normalized spacial score (nSPS) is 10.1. The zero-order valence-corrected chi connectivity index (χ0v) is 17.1. The van der Waals surface area contributed by atoms with Crippen LogP contribution in [-0.2, 0) is 9.53 Å². The lowest BCUT2D eigenvalue weighted by molar-refractivity contribution is -0.118. The summed E-state index contributed by atoms with van der Waals surface area (Å²) in [6.45, 7) is -0.309. The van der Waals surface area contributed by atoms with E-state index in [-0.39, 0.29) is 17.9 Å². The molecule has 0 aromatic heterocycles. The van der Waals surface area contributed by atoms with Crippen LogP contribution >= 0.6 is 27.5 Å². The predicted molar refractivity (Wildman–Crippen MR) is 104 cm³/mol. The highest BCUT2D eigenvalue weighted by Crippen LogP contribution is 2.34. The van der Waals surface area contributed by atoms with Crippen molar-refractivity contribution in [1.82, 2.24) is 0 Å². The Morgan fingerprint density at radius 3 is 2.30 bits per heavy atom. The number of esters is 1. The van der Waals surface area contributed by atoms with Crippen molar-refractivity contribution in [1.29, 1.82) is 0 Å². The smallest absolute Gasteiger partial charge is 0.340 e. The van der Waals surface area contributed by atoms with Gasteiger partial charge < -0.3 is 24.3 Å². The van der Waals surface area contributed by atoms with Gasteiger partial charge in [0.2, 0.25) is 0 Å². The molecule has 1 N–H and O–H groups in total. The first-order valence-corrected chi connectivity index (χ1v) is 8.78. The van der Waals surface area contributed by atoms with Gasteiger partial charge in [0.25, 0.3) is 5.91 Å². The van der Waals surface area contributed by atoms with Gasteiger partial charge in [-0.2, -0.15) is 0 Å². The molecule has 0 atom stereocenters. The maximum atomic E-state index is 12.3. The summed E-state index contributed by atoms with van der Waals surface area (Å²) in [5.41, 5.74) is 0.320. The lowest BCUT2D eigenvalue weighted by Crippen LogP contribution is -2.22. The summed E-state index contributed by atoms with van der Waals surface area (Å²) in [6, 6.07) is 7.92. The Bertz CT molecular complexity index is 858. The molecular weight excluding hydrogens is 442 g/mol. The van der Waals surface area contributed by atoms with Gasteiger partial charge in [-0.25, -0.2) is 4.79 Å². The van der Waals surface area contributed by atoms with Gasteiger partial charge in [-0.05, 0) is 18.2 Å². The summed E-state index contributed by atoms with van der Waals surface area (Å²) in [6.07, 6.45) is 0. The van der Waals surface area contributed by atoms with E-state index in [1.54, 1.807) is 18.2 Å². The first-order valence-electron chi connectivity index (χ1n) is 7.61. The summed E-state index contributed by atoms with van der Waals surface area (Å²) in [4.78, 5) is 24.3. The molecule has 0 aliphatic rings. The molecule has 2 aromatic carbocycles. The fourth-order valence-electron chi connectivity index (χ4n) is 2.18. The molecule has 2 aromatic rings. The molecule has 27 heavy (non-hydrogen) atoms. The zero-order chi connectivity index (χ0) is 20.0. The molecule has 0 heterocycles. The fraction of sp³-hybridized carbons (Fsp3) is 0.222. The SMILES string of the molecule is COC(=O)c1cc(OC)c(OC)cc1NC(=O)COc1ccc(Br)cc1Cl. The molecule has 0 radical (unpaired) electrons. The van der Waals surface area contributed by atoms with Crippen molar-refractivity contribution in [2.75, 3.05) is 33.3 Å². The second-order valence-electron chi connectivity index (χ2n) is 5.16. The van der Waals surface area contributed by atoms with Crippen LogP contribution in [0.2, 0.25) is 5.02 Å². The molecule has 0 aliphatic carbocycles. The molecule has 7 nitrogen and oxygen atoms in total.